The fraction of sp³-hybridized carbons (Fsp3) is 0.286. The van der Waals surface area contributed by atoms with Crippen molar-refractivity contribution in [2.24, 2.45) is 0 Å². The maximum atomic E-state index is 13.8. The van der Waals surface area contributed by atoms with Crippen LogP contribution in [-0.4, -0.2) is 42.7 Å². The van der Waals surface area contributed by atoms with E-state index in [2.05, 4.69) is 10.3 Å². The van der Waals surface area contributed by atoms with Crippen LogP contribution in [0.5, 0.6) is 5.75 Å². The van der Waals surface area contributed by atoms with Crippen LogP contribution in [0.15, 0.2) is 60.7 Å². The number of carbonyl (C=O) groups is 3. The molecule has 3 rings (SSSR count). The number of aromatic nitrogens is 1. The van der Waals surface area contributed by atoms with Crippen LogP contribution in [0.25, 0.3) is 0 Å². The molecule has 1 atom stereocenters. The SMILES string of the molecule is COC(=O)c1cccc(CC(C(=O)c2ccc(Cl)cc2)c2ccc(OC)cc2NC(=O)OC(C)(C)C)n1. The summed E-state index contributed by atoms with van der Waals surface area (Å²) in [5, 5.41) is 3.25. The number of amides is 1. The predicted octanol–water partition coefficient (Wildman–Crippen LogP) is 6.09. The summed E-state index contributed by atoms with van der Waals surface area (Å²) in [6.07, 6.45) is -0.535. The third-order valence-corrected chi connectivity index (χ3v) is 5.58. The highest BCUT2D eigenvalue weighted by Gasteiger charge is 2.28. The van der Waals surface area contributed by atoms with Crippen LogP contribution < -0.4 is 10.1 Å². The number of ketones is 1. The molecule has 0 saturated heterocycles. The number of halogens is 1. The molecular weight excluding hydrogens is 496 g/mol. The van der Waals surface area contributed by atoms with E-state index >= 15 is 0 Å². The number of methoxy groups -OCH3 is 2. The molecule has 0 radical (unpaired) electrons. The van der Waals surface area contributed by atoms with Crippen molar-refractivity contribution >= 4 is 35.1 Å². The van der Waals surface area contributed by atoms with E-state index < -0.39 is 23.6 Å². The zero-order chi connectivity index (χ0) is 27.2. The zero-order valence-electron chi connectivity index (χ0n) is 21.3. The Kier molecular flexibility index (Phi) is 8.89. The first-order chi connectivity index (χ1) is 17.5. The van der Waals surface area contributed by atoms with Crippen LogP contribution in [0.4, 0.5) is 10.5 Å². The molecule has 1 amide bonds. The van der Waals surface area contributed by atoms with Crippen molar-refractivity contribution in [3.8, 4) is 5.75 Å². The third-order valence-electron chi connectivity index (χ3n) is 5.33. The van der Waals surface area contributed by atoms with Crippen molar-refractivity contribution < 1.29 is 28.6 Å². The van der Waals surface area contributed by atoms with Gasteiger partial charge in [-0.25, -0.2) is 14.6 Å². The predicted molar refractivity (Wildman–Crippen MR) is 141 cm³/mol. The molecule has 3 aromatic rings. The second-order valence-corrected chi connectivity index (χ2v) is 9.65. The Labute approximate surface area is 220 Å². The average molecular weight is 525 g/mol. The van der Waals surface area contributed by atoms with Crippen LogP contribution in [0.3, 0.4) is 0 Å². The minimum absolute atomic E-state index is 0.125. The van der Waals surface area contributed by atoms with E-state index in [-0.39, 0.29) is 17.9 Å². The van der Waals surface area contributed by atoms with Gasteiger partial charge in [0.15, 0.2) is 5.78 Å². The summed E-state index contributed by atoms with van der Waals surface area (Å²) >= 11 is 6.03. The molecule has 9 heteroatoms. The number of ether oxygens (including phenoxy) is 3. The van der Waals surface area contributed by atoms with E-state index in [1.807, 2.05) is 0 Å². The normalized spacial score (nSPS) is 11.8. The lowest BCUT2D eigenvalue weighted by atomic mass is 9.85. The minimum atomic E-state index is -0.780. The molecule has 2 aromatic carbocycles. The van der Waals surface area contributed by atoms with Gasteiger partial charge in [-0.15, -0.1) is 0 Å². The molecule has 0 aliphatic rings. The lowest BCUT2D eigenvalue weighted by Gasteiger charge is -2.23. The molecule has 0 spiro atoms. The Morgan fingerprint density at radius 1 is 1.00 bits per heavy atom. The van der Waals surface area contributed by atoms with Crippen molar-refractivity contribution in [3.63, 3.8) is 0 Å². The highest BCUT2D eigenvalue weighted by Crippen LogP contribution is 2.34. The Morgan fingerprint density at radius 2 is 1.70 bits per heavy atom. The molecule has 0 fully saturated rings. The summed E-state index contributed by atoms with van der Waals surface area (Å²) in [5.74, 6) is -1.10. The second-order valence-electron chi connectivity index (χ2n) is 9.21. The largest absolute Gasteiger partial charge is 0.497 e. The number of rotatable bonds is 8. The fourth-order valence-electron chi connectivity index (χ4n) is 3.67. The van der Waals surface area contributed by atoms with Crippen molar-refractivity contribution in [2.75, 3.05) is 19.5 Å². The number of pyridine rings is 1. The van der Waals surface area contributed by atoms with Crippen molar-refractivity contribution in [3.05, 3.63) is 88.2 Å². The van der Waals surface area contributed by atoms with Gasteiger partial charge in [0.05, 0.1) is 25.8 Å². The second kappa shape index (κ2) is 11.9. The summed E-state index contributed by atoms with van der Waals surface area (Å²) < 4.78 is 15.6. The van der Waals surface area contributed by atoms with E-state index in [4.69, 9.17) is 25.8 Å². The van der Waals surface area contributed by atoms with Gasteiger partial charge in [-0.1, -0.05) is 23.7 Å². The van der Waals surface area contributed by atoms with Gasteiger partial charge in [0.1, 0.15) is 17.0 Å². The van der Waals surface area contributed by atoms with Gasteiger partial charge >= 0.3 is 12.1 Å². The highest BCUT2D eigenvalue weighted by atomic mass is 35.5. The van der Waals surface area contributed by atoms with Gasteiger partial charge < -0.3 is 14.2 Å². The minimum Gasteiger partial charge on any atom is -0.497 e. The van der Waals surface area contributed by atoms with Crippen LogP contribution in [0, 0.1) is 0 Å². The van der Waals surface area contributed by atoms with E-state index in [1.165, 1.54) is 20.3 Å². The summed E-state index contributed by atoms with van der Waals surface area (Å²) in [4.78, 5) is 42.9. The lowest BCUT2D eigenvalue weighted by Crippen LogP contribution is -2.28. The van der Waals surface area contributed by atoms with Crippen LogP contribution in [0.2, 0.25) is 5.02 Å². The van der Waals surface area contributed by atoms with Crippen molar-refractivity contribution in [1.82, 2.24) is 4.98 Å². The number of nitrogens with zero attached hydrogens (tertiary/aromatic N) is 1. The Hall–Kier alpha value is -3.91. The number of carbonyl (C=O) groups excluding carboxylic acids is 3. The first-order valence-electron chi connectivity index (χ1n) is 11.5. The van der Waals surface area contributed by atoms with Gasteiger partial charge in [-0.05, 0) is 68.8 Å². The first-order valence-corrected chi connectivity index (χ1v) is 11.9. The van der Waals surface area contributed by atoms with E-state index in [0.717, 1.165) is 0 Å². The number of esters is 1. The lowest BCUT2D eigenvalue weighted by molar-refractivity contribution is 0.0591. The molecule has 1 heterocycles. The summed E-state index contributed by atoms with van der Waals surface area (Å²) in [6.45, 7) is 5.27. The maximum absolute atomic E-state index is 13.8. The Balaban J connectivity index is 2.09. The highest BCUT2D eigenvalue weighted by molar-refractivity contribution is 6.30. The molecule has 37 heavy (non-hydrogen) atoms. The van der Waals surface area contributed by atoms with Gasteiger partial charge in [-0.3, -0.25) is 10.1 Å². The first kappa shape index (κ1) is 27.7. The fourth-order valence-corrected chi connectivity index (χ4v) is 3.79. The Bertz CT molecular complexity index is 1280. The number of nitrogens with one attached hydrogen (secondary N) is 1. The molecule has 8 nitrogen and oxygen atoms in total. The van der Waals surface area contributed by atoms with Gasteiger partial charge in [0.2, 0.25) is 0 Å². The number of Topliss-reactive ketones (excluding diaryl/α,β-unsaturated/α-hetero) is 1. The number of hydrogen-bond acceptors (Lipinski definition) is 7. The van der Waals surface area contributed by atoms with Crippen LogP contribution in [0.1, 0.15) is 58.8 Å². The van der Waals surface area contributed by atoms with Crippen LogP contribution >= 0.6 is 11.6 Å². The summed E-state index contributed by atoms with van der Waals surface area (Å²) in [5.41, 5.74) is 1.20. The maximum Gasteiger partial charge on any atom is 0.412 e. The smallest absolute Gasteiger partial charge is 0.412 e. The van der Waals surface area contributed by atoms with Gasteiger partial charge in [0.25, 0.3) is 0 Å². The number of anilines is 1. The molecule has 0 bridgehead atoms. The molecule has 1 unspecified atom stereocenters. The Morgan fingerprint density at radius 3 is 2.32 bits per heavy atom. The van der Waals surface area contributed by atoms with Crippen molar-refractivity contribution in [2.45, 2.75) is 38.7 Å². The molecule has 1 aromatic heterocycles. The number of hydrogen-bond donors (Lipinski definition) is 1. The van der Waals surface area contributed by atoms with Crippen molar-refractivity contribution in [1.29, 1.82) is 0 Å². The molecule has 0 aliphatic heterocycles. The zero-order valence-corrected chi connectivity index (χ0v) is 22.1. The molecule has 1 N–H and O–H groups in total. The molecule has 0 saturated carbocycles. The molecule has 194 valence electrons. The van der Waals surface area contributed by atoms with Crippen LogP contribution in [-0.2, 0) is 15.9 Å². The molecular formula is C28H29ClN2O6. The van der Waals surface area contributed by atoms with E-state index in [0.29, 0.717) is 33.3 Å². The topological polar surface area (TPSA) is 104 Å². The monoisotopic (exact) mass is 524 g/mol. The van der Waals surface area contributed by atoms with E-state index in [9.17, 15) is 14.4 Å². The standard InChI is InChI=1S/C28H29ClN2O6/c1-28(2,3)37-27(34)31-24-16-20(35-4)13-14-21(24)22(25(32)17-9-11-18(29)12-10-17)15-19-7-6-8-23(30-19)26(33)36-5/h6-14,16,22H,15H2,1-5H3,(H,31,34). The number of benzene rings is 2. The summed E-state index contributed by atoms with van der Waals surface area (Å²) in [7, 11) is 2.78. The van der Waals surface area contributed by atoms with Gasteiger partial charge in [0, 0.05) is 28.8 Å². The van der Waals surface area contributed by atoms with E-state index in [1.54, 1.807) is 75.4 Å². The van der Waals surface area contributed by atoms with Gasteiger partial charge in [-0.2, -0.15) is 0 Å². The average Bonchev–Trinajstić information content (AvgIpc) is 2.86. The quantitative estimate of drug-likeness (QED) is 0.281. The molecule has 0 aliphatic carbocycles. The third kappa shape index (κ3) is 7.54. The summed E-state index contributed by atoms with van der Waals surface area (Å²) in [6, 6.07) is 16.5.